The number of amides is 1. The first-order valence-corrected chi connectivity index (χ1v) is 8.31. The standard InChI is InChI=1S/C20H21N3O2/c1-14(15-8-4-3-5-9-15)20(24)23-19-12-17(21-13-22-19)16-10-6-7-11-18(16)25-2/h3-6,8-10,12-14H,7,11H2,1-2H3,(H,21,22,23,24)/t14-/m0/s1. The molecule has 1 heterocycles. The van der Waals surface area contributed by atoms with Crippen LogP contribution < -0.4 is 5.32 Å². The van der Waals surface area contributed by atoms with E-state index in [1.807, 2.05) is 43.3 Å². The second kappa shape index (κ2) is 7.75. The lowest BCUT2D eigenvalue weighted by atomic mass is 10.0. The zero-order valence-corrected chi connectivity index (χ0v) is 14.4. The molecule has 1 N–H and O–H groups in total. The van der Waals surface area contributed by atoms with Crippen molar-refractivity contribution in [3.05, 3.63) is 71.9 Å². The first-order chi connectivity index (χ1) is 12.2. The number of benzene rings is 1. The molecule has 25 heavy (non-hydrogen) atoms. The van der Waals surface area contributed by atoms with Gasteiger partial charge in [0.15, 0.2) is 0 Å². The van der Waals surface area contributed by atoms with Gasteiger partial charge in [0, 0.05) is 18.1 Å². The molecule has 1 amide bonds. The lowest BCUT2D eigenvalue weighted by Crippen LogP contribution is -2.19. The zero-order chi connectivity index (χ0) is 17.6. The summed E-state index contributed by atoms with van der Waals surface area (Å²) >= 11 is 0. The average Bonchev–Trinajstić information content (AvgIpc) is 2.68. The third-order valence-corrected chi connectivity index (χ3v) is 4.26. The number of hydrogen-bond donors (Lipinski definition) is 1. The predicted molar refractivity (Wildman–Crippen MR) is 97.8 cm³/mol. The Morgan fingerprint density at radius 2 is 2.04 bits per heavy atom. The fraction of sp³-hybridized carbons (Fsp3) is 0.250. The molecule has 1 aliphatic carbocycles. The highest BCUT2D eigenvalue weighted by molar-refractivity contribution is 5.95. The molecular formula is C20H21N3O2. The summed E-state index contributed by atoms with van der Waals surface area (Å²) in [7, 11) is 1.67. The number of ether oxygens (including phenoxy) is 1. The minimum absolute atomic E-state index is 0.101. The smallest absolute Gasteiger partial charge is 0.232 e. The van der Waals surface area contributed by atoms with Crippen molar-refractivity contribution in [1.29, 1.82) is 0 Å². The van der Waals surface area contributed by atoms with Crippen LogP contribution in [0, 0.1) is 0 Å². The van der Waals surface area contributed by atoms with Crippen LogP contribution in [0.5, 0.6) is 0 Å². The Bertz CT molecular complexity index is 813. The van der Waals surface area contributed by atoms with E-state index in [9.17, 15) is 4.79 Å². The second-order valence-electron chi connectivity index (χ2n) is 5.89. The van der Waals surface area contributed by atoms with E-state index in [4.69, 9.17) is 4.74 Å². The molecule has 5 nitrogen and oxygen atoms in total. The van der Waals surface area contributed by atoms with Crippen molar-refractivity contribution in [3.63, 3.8) is 0 Å². The lowest BCUT2D eigenvalue weighted by molar-refractivity contribution is -0.117. The van der Waals surface area contributed by atoms with Crippen LogP contribution in [0.3, 0.4) is 0 Å². The minimum Gasteiger partial charge on any atom is -0.500 e. The zero-order valence-electron chi connectivity index (χ0n) is 14.4. The molecule has 0 saturated carbocycles. The molecule has 0 spiro atoms. The summed E-state index contributed by atoms with van der Waals surface area (Å²) in [4.78, 5) is 21.0. The normalized spacial score (nSPS) is 15.0. The van der Waals surface area contributed by atoms with Gasteiger partial charge in [0.25, 0.3) is 0 Å². The molecule has 0 radical (unpaired) electrons. The molecule has 0 unspecified atom stereocenters. The van der Waals surface area contributed by atoms with Crippen molar-refractivity contribution in [3.8, 4) is 0 Å². The van der Waals surface area contributed by atoms with Crippen LogP contribution in [-0.2, 0) is 9.53 Å². The van der Waals surface area contributed by atoms with E-state index in [2.05, 4.69) is 21.4 Å². The van der Waals surface area contributed by atoms with Crippen molar-refractivity contribution >= 4 is 17.3 Å². The molecule has 5 heteroatoms. The first-order valence-electron chi connectivity index (χ1n) is 8.31. The van der Waals surface area contributed by atoms with Crippen LogP contribution in [0.25, 0.3) is 5.57 Å². The third kappa shape index (κ3) is 3.94. The van der Waals surface area contributed by atoms with Crippen LogP contribution in [0.2, 0.25) is 0 Å². The number of rotatable bonds is 5. The van der Waals surface area contributed by atoms with Gasteiger partial charge >= 0.3 is 0 Å². The number of methoxy groups -OCH3 is 1. The quantitative estimate of drug-likeness (QED) is 0.899. The summed E-state index contributed by atoms with van der Waals surface area (Å²) in [6, 6.07) is 11.5. The van der Waals surface area contributed by atoms with Gasteiger partial charge in [-0.15, -0.1) is 0 Å². The Morgan fingerprint density at radius 1 is 1.24 bits per heavy atom. The highest BCUT2D eigenvalue weighted by Gasteiger charge is 2.17. The molecule has 0 aliphatic heterocycles. The van der Waals surface area contributed by atoms with E-state index < -0.39 is 0 Å². The lowest BCUT2D eigenvalue weighted by Gasteiger charge is -2.15. The van der Waals surface area contributed by atoms with Crippen LogP contribution >= 0.6 is 0 Å². The van der Waals surface area contributed by atoms with Crippen LogP contribution in [0.4, 0.5) is 5.82 Å². The Kier molecular flexibility index (Phi) is 5.23. The maximum absolute atomic E-state index is 12.5. The molecule has 0 fully saturated rings. The van der Waals surface area contributed by atoms with E-state index in [1.165, 1.54) is 6.33 Å². The Hall–Kier alpha value is -2.95. The van der Waals surface area contributed by atoms with Crippen LogP contribution in [0.15, 0.2) is 60.6 Å². The van der Waals surface area contributed by atoms with Gasteiger partial charge in [0.2, 0.25) is 5.91 Å². The van der Waals surface area contributed by atoms with E-state index in [1.54, 1.807) is 13.2 Å². The van der Waals surface area contributed by atoms with E-state index in [0.29, 0.717) is 5.82 Å². The first kappa shape index (κ1) is 16.9. The monoisotopic (exact) mass is 335 g/mol. The fourth-order valence-electron chi connectivity index (χ4n) is 2.78. The van der Waals surface area contributed by atoms with E-state index >= 15 is 0 Å². The van der Waals surface area contributed by atoms with Crippen LogP contribution in [-0.4, -0.2) is 23.0 Å². The summed E-state index contributed by atoms with van der Waals surface area (Å²) < 4.78 is 5.46. The van der Waals surface area contributed by atoms with E-state index in [-0.39, 0.29) is 11.8 Å². The largest absolute Gasteiger partial charge is 0.500 e. The number of nitrogens with zero attached hydrogens (tertiary/aromatic N) is 2. The SMILES string of the molecule is COC1=C(c2cc(NC(=O)[C@@H](C)c3ccccc3)ncn2)C=CCC1. The van der Waals surface area contributed by atoms with Gasteiger partial charge in [-0.05, 0) is 18.9 Å². The number of allylic oxidation sites excluding steroid dienone is 4. The summed E-state index contributed by atoms with van der Waals surface area (Å²) in [6.07, 6.45) is 7.36. The Labute approximate surface area is 147 Å². The van der Waals surface area contributed by atoms with Crippen molar-refractivity contribution in [2.24, 2.45) is 0 Å². The minimum atomic E-state index is -0.261. The fourth-order valence-corrected chi connectivity index (χ4v) is 2.78. The number of carbonyl (C=O) groups excluding carboxylic acids is 1. The highest BCUT2D eigenvalue weighted by atomic mass is 16.5. The number of hydrogen-bond acceptors (Lipinski definition) is 4. The van der Waals surface area contributed by atoms with Crippen molar-refractivity contribution in [2.75, 3.05) is 12.4 Å². The summed E-state index contributed by atoms with van der Waals surface area (Å²) in [6.45, 7) is 1.88. The number of anilines is 1. The van der Waals surface area contributed by atoms with Crippen molar-refractivity contribution in [1.82, 2.24) is 9.97 Å². The molecule has 128 valence electrons. The molecule has 0 saturated heterocycles. The van der Waals surface area contributed by atoms with Gasteiger partial charge in [0.1, 0.15) is 17.9 Å². The van der Waals surface area contributed by atoms with Crippen molar-refractivity contribution < 1.29 is 9.53 Å². The van der Waals surface area contributed by atoms with Gasteiger partial charge in [-0.3, -0.25) is 4.79 Å². The molecule has 1 aliphatic rings. The van der Waals surface area contributed by atoms with Crippen molar-refractivity contribution in [2.45, 2.75) is 25.7 Å². The van der Waals surface area contributed by atoms with Gasteiger partial charge in [-0.2, -0.15) is 0 Å². The Morgan fingerprint density at radius 3 is 2.80 bits per heavy atom. The highest BCUT2D eigenvalue weighted by Crippen LogP contribution is 2.27. The second-order valence-corrected chi connectivity index (χ2v) is 5.89. The number of nitrogens with one attached hydrogen (secondary N) is 1. The molecule has 1 aromatic carbocycles. The molecular weight excluding hydrogens is 314 g/mol. The maximum atomic E-state index is 12.5. The van der Waals surface area contributed by atoms with Gasteiger partial charge in [-0.1, -0.05) is 42.5 Å². The number of aromatic nitrogens is 2. The molecule has 2 aromatic rings. The molecule has 1 atom stereocenters. The van der Waals surface area contributed by atoms with Gasteiger partial charge in [0.05, 0.1) is 18.7 Å². The summed E-state index contributed by atoms with van der Waals surface area (Å²) in [5, 5.41) is 2.87. The summed E-state index contributed by atoms with van der Waals surface area (Å²) in [5.74, 6) is 1.02. The third-order valence-electron chi connectivity index (χ3n) is 4.26. The molecule has 0 bridgehead atoms. The molecule has 1 aromatic heterocycles. The maximum Gasteiger partial charge on any atom is 0.232 e. The van der Waals surface area contributed by atoms with E-state index in [0.717, 1.165) is 35.4 Å². The summed E-state index contributed by atoms with van der Waals surface area (Å²) in [5.41, 5.74) is 2.64. The number of carbonyl (C=O) groups is 1. The van der Waals surface area contributed by atoms with Gasteiger partial charge in [-0.25, -0.2) is 9.97 Å². The Balaban J connectivity index is 1.79. The topological polar surface area (TPSA) is 64.1 Å². The van der Waals surface area contributed by atoms with Gasteiger partial charge < -0.3 is 10.1 Å². The molecule has 3 rings (SSSR count). The predicted octanol–water partition coefficient (Wildman–Crippen LogP) is 3.93. The average molecular weight is 335 g/mol. The van der Waals surface area contributed by atoms with Crippen LogP contribution in [0.1, 0.15) is 36.9 Å².